The first kappa shape index (κ1) is 7.97. The Bertz CT molecular complexity index is 205. The third kappa shape index (κ3) is 1.31. The number of aliphatic hydroxyl groups excluding tert-OH is 1. The predicted octanol–water partition coefficient (Wildman–Crippen LogP) is -0.987. The van der Waals surface area contributed by atoms with Crippen molar-refractivity contribution in [3.63, 3.8) is 0 Å². The molecule has 0 radical (unpaired) electrons. The molecule has 1 rings (SSSR count). The summed E-state index contributed by atoms with van der Waals surface area (Å²) in [5.41, 5.74) is 0. The Hall–Kier alpha value is -0.130. The number of hydrogen-bond acceptors (Lipinski definition) is 3. The molecule has 5 heteroatoms. The van der Waals surface area contributed by atoms with Crippen molar-refractivity contribution in [3.05, 3.63) is 0 Å². The quantitative estimate of drug-likeness (QED) is 0.571. The van der Waals surface area contributed by atoms with Gasteiger partial charge in [0.25, 0.3) is 0 Å². The topological polar surface area (TPSA) is 57.6 Å². The second kappa shape index (κ2) is 2.48. The highest BCUT2D eigenvalue weighted by Crippen LogP contribution is 2.12. The van der Waals surface area contributed by atoms with E-state index in [0.29, 0.717) is 0 Å². The molecule has 1 N–H and O–H groups in total. The standard InChI is InChI=1S/C5H11NO3S/c1-2-10(8,9)6-3-5(7)4-6/h5,7H,2-4H2,1H3. The van der Waals surface area contributed by atoms with Crippen LogP contribution in [0, 0.1) is 0 Å². The van der Waals surface area contributed by atoms with Crippen molar-refractivity contribution < 1.29 is 13.5 Å². The number of β-amino-alcohol motifs (C(OH)–C–C–N with tert-alkyl or cyclic N) is 1. The summed E-state index contributed by atoms with van der Waals surface area (Å²) in [6.45, 7) is 2.15. The summed E-state index contributed by atoms with van der Waals surface area (Å²) in [7, 11) is -3.02. The molecule has 0 aromatic carbocycles. The summed E-state index contributed by atoms with van der Waals surface area (Å²) in [6, 6.07) is 0. The molecule has 0 aromatic heterocycles. The molecule has 1 saturated heterocycles. The molecule has 0 aliphatic carbocycles. The Labute approximate surface area is 60.5 Å². The van der Waals surface area contributed by atoms with E-state index in [1.54, 1.807) is 6.92 Å². The van der Waals surface area contributed by atoms with E-state index in [4.69, 9.17) is 5.11 Å². The molecule has 1 heterocycles. The molecule has 0 aromatic rings. The zero-order valence-electron chi connectivity index (χ0n) is 5.82. The van der Waals surface area contributed by atoms with Crippen LogP contribution in [0.25, 0.3) is 0 Å². The molecule has 1 aliphatic heterocycles. The van der Waals surface area contributed by atoms with Crippen LogP contribution in [0.2, 0.25) is 0 Å². The molecule has 0 unspecified atom stereocenters. The normalized spacial score (nSPS) is 22.6. The van der Waals surface area contributed by atoms with E-state index in [1.165, 1.54) is 4.31 Å². The van der Waals surface area contributed by atoms with E-state index in [2.05, 4.69) is 0 Å². The average Bonchev–Trinajstić information content (AvgIpc) is 1.81. The summed E-state index contributed by atoms with van der Waals surface area (Å²) in [6.07, 6.45) is -0.443. The molecule has 1 aliphatic rings. The lowest BCUT2D eigenvalue weighted by atomic mass is 10.2. The van der Waals surface area contributed by atoms with Crippen LogP contribution < -0.4 is 0 Å². The second-order valence-corrected chi connectivity index (χ2v) is 4.63. The Morgan fingerprint density at radius 2 is 2.10 bits per heavy atom. The van der Waals surface area contributed by atoms with Crippen molar-refractivity contribution in [1.82, 2.24) is 4.31 Å². The molecule has 60 valence electrons. The van der Waals surface area contributed by atoms with Gasteiger partial charge in [-0.2, -0.15) is 4.31 Å². The maximum atomic E-state index is 10.9. The van der Waals surface area contributed by atoms with Crippen LogP contribution in [0.15, 0.2) is 0 Å². The molecular formula is C5H11NO3S. The van der Waals surface area contributed by atoms with Gasteiger partial charge >= 0.3 is 0 Å². The van der Waals surface area contributed by atoms with Crippen LogP contribution >= 0.6 is 0 Å². The van der Waals surface area contributed by atoms with Crippen molar-refractivity contribution in [2.75, 3.05) is 18.8 Å². The van der Waals surface area contributed by atoms with Crippen LogP contribution in [0.4, 0.5) is 0 Å². The summed E-state index contributed by atoms with van der Waals surface area (Å²) >= 11 is 0. The minimum absolute atomic E-state index is 0.125. The molecule has 10 heavy (non-hydrogen) atoms. The molecule has 0 spiro atoms. The number of hydrogen-bond donors (Lipinski definition) is 1. The highest BCUT2D eigenvalue weighted by Gasteiger charge is 2.32. The van der Waals surface area contributed by atoms with Gasteiger partial charge in [-0.25, -0.2) is 8.42 Å². The number of sulfonamides is 1. The van der Waals surface area contributed by atoms with Crippen molar-refractivity contribution >= 4 is 10.0 Å². The molecule has 4 nitrogen and oxygen atoms in total. The highest BCUT2D eigenvalue weighted by molar-refractivity contribution is 7.89. The summed E-state index contributed by atoms with van der Waals surface area (Å²) in [5, 5.41) is 8.77. The second-order valence-electron chi connectivity index (χ2n) is 2.37. The van der Waals surface area contributed by atoms with Crippen LogP contribution in [0.3, 0.4) is 0 Å². The van der Waals surface area contributed by atoms with E-state index < -0.39 is 16.1 Å². The molecule has 0 atom stereocenters. The van der Waals surface area contributed by atoms with Gasteiger partial charge in [-0.05, 0) is 6.92 Å². The lowest BCUT2D eigenvalue weighted by Crippen LogP contribution is -2.53. The minimum atomic E-state index is -3.02. The zero-order chi connectivity index (χ0) is 7.78. The van der Waals surface area contributed by atoms with Gasteiger partial charge < -0.3 is 5.11 Å². The van der Waals surface area contributed by atoms with Gasteiger partial charge in [0.15, 0.2) is 0 Å². The first-order chi connectivity index (χ1) is 4.56. The summed E-state index contributed by atoms with van der Waals surface area (Å²) < 4.78 is 23.2. The van der Waals surface area contributed by atoms with Gasteiger partial charge in [-0.1, -0.05) is 0 Å². The fourth-order valence-corrected chi connectivity index (χ4v) is 1.99. The number of aliphatic hydroxyl groups is 1. The fourth-order valence-electron chi connectivity index (χ4n) is 0.826. The van der Waals surface area contributed by atoms with Gasteiger partial charge in [0.05, 0.1) is 11.9 Å². The van der Waals surface area contributed by atoms with Gasteiger partial charge in [0.1, 0.15) is 0 Å². The zero-order valence-corrected chi connectivity index (χ0v) is 6.63. The maximum Gasteiger partial charge on any atom is 0.214 e. The largest absolute Gasteiger partial charge is 0.390 e. The number of rotatable bonds is 2. The van der Waals surface area contributed by atoms with E-state index in [-0.39, 0.29) is 18.8 Å². The van der Waals surface area contributed by atoms with E-state index in [9.17, 15) is 8.42 Å². The van der Waals surface area contributed by atoms with Crippen molar-refractivity contribution in [1.29, 1.82) is 0 Å². The summed E-state index contributed by atoms with van der Waals surface area (Å²) in [4.78, 5) is 0. The fraction of sp³-hybridized carbons (Fsp3) is 1.00. The van der Waals surface area contributed by atoms with E-state index in [0.717, 1.165) is 0 Å². The highest BCUT2D eigenvalue weighted by atomic mass is 32.2. The Balaban J connectivity index is 2.53. The minimum Gasteiger partial charge on any atom is -0.390 e. The lowest BCUT2D eigenvalue weighted by Gasteiger charge is -2.34. The summed E-state index contributed by atoms with van der Waals surface area (Å²) in [5.74, 6) is 0.125. The van der Waals surface area contributed by atoms with Crippen molar-refractivity contribution in [2.24, 2.45) is 0 Å². The van der Waals surface area contributed by atoms with Crippen LogP contribution in [0.1, 0.15) is 6.92 Å². The van der Waals surface area contributed by atoms with Gasteiger partial charge in [-0.3, -0.25) is 0 Å². The molecular weight excluding hydrogens is 154 g/mol. The Morgan fingerprint density at radius 3 is 2.40 bits per heavy atom. The van der Waals surface area contributed by atoms with Crippen molar-refractivity contribution in [2.45, 2.75) is 13.0 Å². The van der Waals surface area contributed by atoms with Crippen LogP contribution in [-0.4, -0.2) is 42.8 Å². The third-order valence-electron chi connectivity index (χ3n) is 1.59. The van der Waals surface area contributed by atoms with Crippen LogP contribution in [0.5, 0.6) is 0 Å². The average molecular weight is 165 g/mol. The van der Waals surface area contributed by atoms with E-state index >= 15 is 0 Å². The lowest BCUT2D eigenvalue weighted by molar-refractivity contribution is 0.0549. The first-order valence-electron chi connectivity index (χ1n) is 3.22. The predicted molar refractivity (Wildman–Crippen MR) is 37.0 cm³/mol. The van der Waals surface area contributed by atoms with Gasteiger partial charge in [0, 0.05) is 13.1 Å². The Morgan fingerprint density at radius 1 is 1.60 bits per heavy atom. The Kier molecular flexibility index (Phi) is 1.98. The smallest absolute Gasteiger partial charge is 0.214 e. The SMILES string of the molecule is CCS(=O)(=O)N1CC(O)C1. The van der Waals surface area contributed by atoms with Gasteiger partial charge in [0.2, 0.25) is 10.0 Å². The van der Waals surface area contributed by atoms with Crippen molar-refractivity contribution in [3.8, 4) is 0 Å². The number of nitrogens with zero attached hydrogens (tertiary/aromatic N) is 1. The van der Waals surface area contributed by atoms with Gasteiger partial charge in [-0.15, -0.1) is 0 Å². The molecule has 0 amide bonds. The first-order valence-corrected chi connectivity index (χ1v) is 4.83. The molecule has 0 saturated carbocycles. The maximum absolute atomic E-state index is 10.9. The monoisotopic (exact) mass is 165 g/mol. The van der Waals surface area contributed by atoms with Crippen LogP contribution in [-0.2, 0) is 10.0 Å². The molecule has 1 fully saturated rings. The van der Waals surface area contributed by atoms with E-state index in [1.807, 2.05) is 0 Å². The third-order valence-corrected chi connectivity index (χ3v) is 3.40. The molecule has 0 bridgehead atoms.